The number of para-hydroxylation sites is 2. The molecular weight excluding hydrogens is 350 g/mol. The van der Waals surface area contributed by atoms with E-state index in [-0.39, 0.29) is 0 Å². The molecule has 6 heteroatoms. The maximum absolute atomic E-state index is 5.51. The summed E-state index contributed by atoms with van der Waals surface area (Å²) in [6.45, 7) is 5.73. The second-order valence-corrected chi connectivity index (χ2v) is 6.90. The smallest absolute Gasteiger partial charge is 0.142 e. The number of methoxy groups -OCH3 is 1. The summed E-state index contributed by atoms with van der Waals surface area (Å²) in [5.41, 5.74) is 3.41. The van der Waals surface area contributed by atoms with E-state index in [0.717, 1.165) is 54.9 Å². The average Bonchev–Trinajstić information content (AvgIpc) is 2.76. The molecule has 4 rings (SSSR count). The van der Waals surface area contributed by atoms with Crippen LogP contribution in [0.2, 0.25) is 0 Å². The number of piperazine rings is 1. The van der Waals surface area contributed by atoms with E-state index in [4.69, 9.17) is 4.74 Å². The molecule has 1 aliphatic rings. The normalized spacial score (nSPS) is 14.1. The molecule has 6 nitrogen and oxygen atoms in total. The number of ether oxygens (including phenoxy) is 1. The molecule has 0 radical (unpaired) electrons. The lowest BCUT2D eigenvalue weighted by molar-refractivity contribution is 0.413. The maximum Gasteiger partial charge on any atom is 0.142 e. The molecule has 0 saturated carbocycles. The van der Waals surface area contributed by atoms with Crippen molar-refractivity contribution in [2.45, 2.75) is 6.92 Å². The van der Waals surface area contributed by atoms with Crippen LogP contribution in [0.25, 0.3) is 0 Å². The van der Waals surface area contributed by atoms with Gasteiger partial charge < -0.3 is 19.9 Å². The minimum Gasteiger partial charge on any atom is -0.495 e. The summed E-state index contributed by atoms with van der Waals surface area (Å²) >= 11 is 0. The number of aromatic nitrogens is 2. The van der Waals surface area contributed by atoms with Gasteiger partial charge in [-0.3, -0.25) is 0 Å². The quantitative estimate of drug-likeness (QED) is 0.731. The molecule has 0 amide bonds. The molecule has 2 aromatic carbocycles. The Morgan fingerprint density at radius 2 is 1.61 bits per heavy atom. The van der Waals surface area contributed by atoms with Crippen LogP contribution < -0.4 is 19.9 Å². The number of hydrogen-bond acceptors (Lipinski definition) is 6. The molecule has 0 bridgehead atoms. The molecule has 1 fully saturated rings. The van der Waals surface area contributed by atoms with Crippen molar-refractivity contribution in [3.63, 3.8) is 0 Å². The molecule has 1 aromatic heterocycles. The van der Waals surface area contributed by atoms with Crippen LogP contribution in [0.4, 0.5) is 23.0 Å². The average molecular weight is 375 g/mol. The van der Waals surface area contributed by atoms with Gasteiger partial charge in [0, 0.05) is 37.9 Å². The number of nitrogens with zero attached hydrogens (tertiary/aromatic N) is 4. The second kappa shape index (κ2) is 8.17. The van der Waals surface area contributed by atoms with Gasteiger partial charge in [0.25, 0.3) is 0 Å². The van der Waals surface area contributed by atoms with Crippen LogP contribution in [0.3, 0.4) is 0 Å². The Kier molecular flexibility index (Phi) is 5.28. The first-order valence-corrected chi connectivity index (χ1v) is 9.51. The zero-order valence-electron chi connectivity index (χ0n) is 16.3. The Morgan fingerprint density at radius 3 is 2.36 bits per heavy atom. The van der Waals surface area contributed by atoms with Crippen molar-refractivity contribution in [2.75, 3.05) is 48.4 Å². The minimum atomic E-state index is 0.806. The van der Waals surface area contributed by atoms with E-state index in [9.17, 15) is 0 Å². The van der Waals surface area contributed by atoms with Crippen LogP contribution >= 0.6 is 0 Å². The summed E-state index contributed by atoms with van der Waals surface area (Å²) in [7, 11) is 1.72. The van der Waals surface area contributed by atoms with Gasteiger partial charge in [-0.15, -0.1) is 0 Å². The standard InChI is InChI=1S/C22H25N5O/c1-17-7-9-18(10-8-17)25-21-15-22(24-16-23-21)27-13-11-26(12-14-27)19-5-3-4-6-20(19)28-2/h3-10,15-16H,11-14H2,1-2H3,(H,23,24,25). The van der Waals surface area contributed by atoms with Crippen molar-refractivity contribution in [2.24, 2.45) is 0 Å². The highest BCUT2D eigenvalue weighted by atomic mass is 16.5. The Morgan fingerprint density at radius 1 is 0.893 bits per heavy atom. The van der Waals surface area contributed by atoms with Gasteiger partial charge in [0.2, 0.25) is 0 Å². The van der Waals surface area contributed by atoms with Crippen molar-refractivity contribution in [3.8, 4) is 5.75 Å². The molecular formula is C22H25N5O. The van der Waals surface area contributed by atoms with Crippen LogP contribution in [0.1, 0.15) is 5.56 Å². The first-order valence-electron chi connectivity index (χ1n) is 9.51. The fourth-order valence-electron chi connectivity index (χ4n) is 3.44. The predicted molar refractivity (Wildman–Crippen MR) is 114 cm³/mol. The summed E-state index contributed by atoms with van der Waals surface area (Å²) in [4.78, 5) is 13.5. The first kappa shape index (κ1) is 18.1. The van der Waals surface area contributed by atoms with E-state index in [0.29, 0.717) is 0 Å². The Bertz CT molecular complexity index is 920. The third kappa shape index (κ3) is 4.01. The highest BCUT2D eigenvalue weighted by Gasteiger charge is 2.20. The summed E-state index contributed by atoms with van der Waals surface area (Å²) in [6, 6.07) is 18.5. The molecule has 0 aliphatic carbocycles. The zero-order chi connectivity index (χ0) is 19.3. The summed E-state index contributed by atoms with van der Waals surface area (Å²) < 4.78 is 5.51. The number of hydrogen-bond donors (Lipinski definition) is 1. The lowest BCUT2D eigenvalue weighted by atomic mass is 10.2. The third-order valence-electron chi connectivity index (χ3n) is 5.01. The summed E-state index contributed by atoms with van der Waals surface area (Å²) in [5.74, 6) is 2.67. The minimum absolute atomic E-state index is 0.806. The van der Waals surface area contributed by atoms with Gasteiger partial charge in [0.15, 0.2) is 0 Å². The maximum atomic E-state index is 5.51. The van der Waals surface area contributed by atoms with Crippen molar-refractivity contribution in [1.29, 1.82) is 0 Å². The predicted octanol–water partition coefficient (Wildman–Crippen LogP) is 3.86. The van der Waals surface area contributed by atoms with Crippen molar-refractivity contribution in [1.82, 2.24) is 9.97 Å². The number of aryl methyl sites for hydroxylation is 1. The fourth-order valence-corrected chi connectivity index (χ4v) is 3.44. The number of nitrogens with one attached hydrogen (secondary N) is 1. The molecule has 1 N–H and O–H groups in total. The molecule has 28 heavy (non-hydrogen) atoms. The van der Waals surface area contributed by atoms with Crippen LogP contribution in [-0.2, 0) is 0 Å². The van der Waals surface area contributed by atoms with Gasteiger partial charge in [0.1, 0.15) is 23.7 Å². The molecule has 2 heterocycles. The van der Waals surface area contributed by atoms with Gasteiger partial charge in [-0.2, -0.15) is 0 Å². The molecule has 1 saturated heterocycles. The monoisotopic (exact) mass is 375 g/mol. The van der Waals surface area contributed by atoms with Crippen LogP contribution in [0.5, 0.6) is 5.75 Å². The Hall–Kier alpha value is -3.28. The van der Waals surface area contributed by atoms with Crippen LogP contribution in [-0.4, -0.2) is 43.3 Å². The van der Waals surface area contributed by atoms with Gasteiger partial charge in [-0.1, -0.05) is 29.8 Å². The SMILES string of the molecule is COc1ccccc1N1CCN(c2cc(Nc3ccc(C)cc3)ncn2)CC1. The second-order valence-electron chi connectivity index (χ2n) is 6.90. The number of anilines is 4. The Balaban J connectivity index is 1.42. The van der Waals surface area contributed by atoms with Crippen molar-refractivity contribution >= 4 is 23.0 Å². The molecule has 144 valence electrons. The largest absolute Gasteiger partial charge is 0.495 e. The topological polar surface area (TPSA) is 53.5 Å². The first-order chi connectivity index (χ1) is 13.7. The summed E-state index contributed by atoms with van der Waals surface area (Å²) in [6.07, 6.45) is 1.62. The van der Waals surface area contributed by atoms with Gasteiger partial charge >= 0.3 is 0 Å². The van der Waals surface area contributed by atoms with E-state index in [1.54, 1.807) is 13.4 Å². The molecule has 1 aliphatic heterocycles. The highest BCUT2D eigenvalue weighted by molar-refractivity contribution is 5.61. The molecule has 3 aromatic rings. The van der Waals surface area contributed by atoms with Crippen molar-refractivity contribution < 1.29 is 4.74 Å². The fraction of sp³-hybridized carbons (Fsp3) is 0.273. The van der Waals surface area contributed by atoms with E-state index in [1.165, 1.54) is 5.56 Å². The lowest BCUT2D eigenvalue weighted by Crippen LogP contribution is -2.47. The van der Waals surface area contributed by atoms with Crippen LogP contribution in [0.15, 0.2) is 60.9 Å². The van der Waals surface area contributed by atoms with Gasteiger partial charge in [-0.25, -0.2) is 9.97 Å². The third-order valence-corrected chi connectivity index (χ3v) is 5.01. The Labute approximate surface area is 165 Å². The van der Waals surface area contributed by atoms with Gasteiger partial charge in [-0.05, 0) is 31.2 Å². The molecule has 0 atom stereocenters. The highest BCUT2D eigenvalue weighted by Crippen LogP contribution is 2.29. The summed E-state index contributed by atoms with van der Waals surface area (Å²) in [5, 5.41) is 3.36. The van der Waals surface area contributed by atoms with E-state index in [2.05, 4.69) is 68.4 Å². The van der Waals surface area contributed by atoms with Gasteiger partial charge in [0.05, 0.1) is 12.8 Å². The lowest BCUT2D eigenvalue weighted by Gasteiger charge is -2.37. The molecule has 0 unspecified atom stereocenters. The number of benzene rings is 2. The van der Waals surface area contributed by atoms with Crippen LogP contribution in [0, 0.1) is 6.92 Å². The van der Waals surface area contributed by atoms with E-state index < -0.39 is 0 Å². The zero-order valence-corrected chi connectivity index (χ0v) is 16.3. The van der Waals surface area contributed by atoms with E-state index >= 15 is 0 Å². The van der Waals surface area contributed by atoms with E-state index in [1.807, 2.05) is 18.2 Å². The van der Waals surface area contributed by atoms with Crippen molar-refractivity contribution in [3.05, 3.63) is 66.5 Å². The number of rotatable bonds is 5. The molecule has 0 spiro atoms.